The van der Waals surface area contributed by atoms with Crippen LogP contribution in [-0.2, 0) is 6.42 Å². The molecule has 0 atom stereocenters. The Hall–Kier alpha value is -3.21. The van der Waals surface area contributed by atoms with Crippen molar-refractivity contribution in [3.05, 3.63) is 77.5 Å². The van der Waals surface area contributed by atoms with Crippen LogP contribution in [0.15, 0.2) is 60.7 Å². The number of aryl methyl sites for hydroxylation is 1. The maximum absolute atomic E-state index is 12.3. The van der Waals surface area contributed by atoms with Crippen LogP contribution >= 0.6 is 0 Å². The number of carbonyl (C=O) groups is 1. The number of aromatic nitrogens is 2. The van der Waals surface area contributed by atoms with Gasteiger partial charge in [-0.15, -0.1) is 10.2 Å². The van der Waals surface area contributed by atoms with Crippen molar-refractivity contribution >= 4 is 23.1 Å². The molecule has 0 saturated heterocycles. The Kier molecular flexibility index (Phi) is 3.90. The molecular weight excluding hydrogens is 312 g/mol. The highest BCUT2D eigenvalue weighted by molar-refractivity contribution is 6.02. The third kappa shape index (κ3) is 3.08. The maximum atomic E-state index is 12.3. The van der Waals surface area contributed by atoms with Gasteiger partial charge in [-0.25, -0.2) is 0 Å². The van der Waals surface area contributed by atoms with Gasteiger partial charge in [-0.2, -0.15) is 0 Å². The molecule has 2 aromatic carbocycles. The number of benzene rings is 2. The lowest BCUT2D eigenvalue weighted by molar-refractivity contribution is 0.102. The zero-order valence-electron chi connectivity index (χ0n) is 13.9. The van der Waals surface area contributed by atoms with Gasteiger partial charge in [0.1, 0.15) is 0 Å². The summed E-state index contributed by atoms with van der Waals surface area (Å²) in [6.45, 7) is 2.86. The van der Waals surface area contributed by atoms with E-state index in [1.54, 1.807) is 6.07 Å². The molecule has 0 radical (unpaired) electrons. The SMILES string of the molecule is Cc1cccc(NC(=O)c2ccc(N3CCc4ccccc43)nn2)c1. The molecule has 3 aromatic rings. The van der Waals surface area contributed by atoms with Crippen LogP contribution in [-0.4, -0.2) is 22.6 Å². The van der Waals surface area contributed by atoms with Crippen LogP contribution in [0.3, 0.4) is 0 Å². The number of rotatable bonds is 3. The Balaban J connectivity index is 1.52. The first-order chi connectivity index (χ1) is 12.2. The molecule has 5 nitrogen and oxygen atoms in total. The van der Waals surface area contributed by atoms with Gasteiger partial charge in [0.15, 0.2) is 11.5 Å². The zero-order chi connectivity index (χ0) is 17.2. The number of nitrogens with one attached hydrogen (secondary N) is 1. The Morgan fingerprint density at radius 3 is 2.72 bits per heavy atom. The molecule has 124 valence electrons. The lowest BCUT2D eigenvalue weighted by atomic mass is 10.2. The van der Waals surface area contributed by atoms with Crippen LogP contribution in [0.5, 0.6) is 0 Å². The maximum Gasteiger partial charge on any atom is 0.276 e. The van der Waals surface area contributed by atoms with Crippen molar-refractivity contribution in [2.75, 3.05) is 16.8 Å². The molecule has 0 fully saturated rings. The van der Waals surface area contributed by atoms with E-state index >= 15 is 0 Å². The van der Waals surface area contributed by atoms with E-state index in [0.29, 0.717) is 5.69 Å². The fourth-order valence-corrected chi connectivity index (χ4v) is 3.08. The molecule has 0 saturated carbocycles. The molecule has 0 unspecified atom stereocenters. The fourth-order valence-electron chi connectivity index (χ4n) is 3.08. The number of anilines is 3. The van der Waals surface area contributed by atoms with Gasteiger partial charge in [0.05, 0.1) is 0 Å². The largest absolute Gasteiger partial charge is 0.324 e. The molecule has 1 amide bonds. The lowest BCUT2D eigenvalue weighted by Gasteiger charge is -2.17. The van der Waals surface area contributed by atoms with Gasteiger partial charge in [-0.05, 0) is 54.8 Å². The summed E-state index contributed by atoms with van der Waals surface area (Å²) in [5.41, 5.74) is 4.62. The third-order valence-corrected chi connectivity index (χ3v) is 4.32. The predicted octanol–water partition coefficient (Wildman–Crippen LogP) is 3.73. The van der Waals surface area contributed by atoms with Crippen molar-refractivity contribution in [2.45, 2.75) is 13.3 Å². The summed E-state index contributed by atoms with van der Waals surface area (Å²) in [6, 6.07) is 19.5. The molecule has 2 heterocycles. The van der Waals surface area contributed by atoms with Crippen LogP contribution in [0.1, 0.15) is 21.6 Å². The highest BCUT2D eigenvalue weighted by Crippen LogP contribution is 2.32. The average molecular weight is 330 g/mol. The second-order valence-corrected chi connectivity index (χ2v) is 6.13. The minimum atomic E-state index is -0.258. The molecule has 4 rings (SSSR count). The third-order valence-electron chi connectivity index (χ3n) is 4.32. The first-order valence-corrected chi connectivity index (χ1v) is 8.28. The standard InChI is InChI=1S/C20H18N4O/c1-14-5-4-7-16(13-14)21-20(25)17-9-10-19(23-22-17)24-12-11-15-6-2-3-8-18(15)24/h2-10,13H,11-12H2,1H3,(H,21,25). The Bertz CT molecular complexity index is 921. The van der Waals surface area contributed by atoms with Crippen LogP contribution in [0, 0.1) is 6.92 Å². The fraction of sp³-hybridized carbons (Fsp3) is 0.150. The minimum Gasteiger partial charge on any atom is -0.324 e. The highest BCUT2D eigenvalue weighted by atomic mass is 16.1. The number of nitrogens with zero attached hydrogens (tertiary/aromatic N) is 3. The molecule has 1 aliphatic rings. The van der Waals surface area contributed by atoms with Gasteiger partial charge >= 0.3 is 0 Å². The lowest BCUT2D eigenvalue weighted by Crippen LogP contribution is -2.18. The number of para-hydroxylation sites is 1. The summed E-state index contributed by atoms with van der Waals surface area (Å²) in [7, 11) is 0. The summed E-state index contributed by atoms with van der Waals surface area (Å²) in [5, 5.41) is 11.2. The first kappa shape index (κ1) is 15.3. The van der Waals surface area contributed by atoms with Crippen molar-refractivity contribution in [3.63, 3.8) is 0 Å². The van der Waals surface area contributed by atoms with E-state index in [1.165, 1.54) is 5.56 Å². The van der Waals surface area contributed by atoms with E-state index < -0.39 is 0 Å². The van der Waals surface area contributed by atoms with Gasteiger partial charge in [-0.1, -0.05) is 30.3 Å². The summed E-state index contributed by atoms with van der Waals surface area (Å²) in [6.07, 6.45) is 0.994. The predicted molar refractivity (Wildman–Crippen MR) is 98.3 cm³/mol. The van der Waals surface area contributed by atoms with E-state index in [-0.39, 0.29) is 5.91 Å². The second-order valence-electron chi connectivity index (χ2n) is 6.13. The topological polar surface area (TPSA) is 58.1 Å². The Morgan fingerprint density at radius 2 is 1.92 bits per heavy atom. The average Bonchev–Trinajstić information content (AvgIpc) is 3.06. The number of fused-ring (bicyclic) bond motifs is 1. The van der Waals surface area contributed by atoms with Crippen LogP contribution in [0.25, 0.3) is 0 Å². The van der Waals surface area contributed by atoms with Crippen molar-refractivity contribution < 1.29 is 4.79 Å². The molecular formula is C20H18N4O. The Labute approximate surface area is 146 Å². The van der Waals surface area contributed by atoms with Gasteiger partial charge < -0.3 is 10.2 Å². The van der Waals surface area contributed by atoms with Crippen LogP contribution in [0.4, 0.5) is 17.2 Å². The quantitative estimate of drug-likeness (QED) is 0.795. The second kappa shape index (κ2) is 6.36. The summed E-state index contributed by atoms with van der Waals surface area (Å²) in [5.74, 6) is 0.503. The number of hydrogen-bond acceptors (Lipinski definition) is 4. The highest BCUT2D eigenvalue weighted by Gasteiger charge is 2.21. The first-order valence-electron chi connectivity index (χ1n) is 8.28. The number of amides is 1. The summed E-state index contributed by atoms with van der Waals surface area (Å²) in [4.78, 5) is 14.5. The van der Waals surface area contributed by atoms with Gasteiger partial charge in [0.25, 0.3) is 5.91 Å². The molecule has 0 bridgehead atoms. The van der Waals surface area contributed by atoms with Gasteiger partial charge in [0, 0.05) is 17.9 Å². The van der Waals surface area contributed by atoms with Crippen LogP contribution < -0.4 is 10.2 Å². The van der Waals surface area contributed by atoms with Gasteiger partial charge in [-0.3, -0.25) is 4.79 Å². The van der Waals surface area contributed by atoms with Crippen LogP contribution in [0.2, 0.25) is 0 Å². The summed E-state index contributed by atoms with van der Waals surface area (Å²) < 4.78 is 0. The molecule has 1 aliphatic heterocycles. The molecule has 0 spiro atoms. The van der Waals surface area contributed by atoms with E-state index in [9.17, 15) is 4.79 Å². The van der Waals surface area contributed by atoms with Crippen molar-refractivity contribution in [3.8, 4) is 0 Å². The molecule has 25 heavy (non-hydrogen) atoms. The van der Waals surface area contributed by atoms with E-state index in [2.05, 4.69) is 32.5 Å². The molecule has 1 N–H and O–H groups in total. The zero-order valence-corrected chi connectivity index (χ0v) is 13.9. The van der Waals surface area contributed by atoms with E-state index in [0.717, 1.165) is 35.7 Å². The number of hydrogen-bond donors (Lipinski definition) is 1. The molecule has 1 aromatic heterocycles. The van der Waals surface area contributed by atoms with Crippen molar-refractivity contribution in [1.29, 1.82) is 0 Å². The Morgan fingerprint density at radius 1 is 1.04 bits per heavy atom. The van der Waals surface area contributed by atoms with E-state index in [1.807, 2.05) is 49.4 Å². The van der Waals surface area contributed by atoms with E-state index in [4.69, 9.17) is 0 Å². The normalized spacial score (nSPS) is 12.8. The van der Waals surface area contributed by atoms with Crippen molar-refractivity contribution in [2.24, 2.45) is 0 Å². The molecule has 5 heteroatoms. The smallest absolute Gasteiger partial charge is 0.276 e. The number of carbonyl (C=O) groups excluding carboxylic acids is 1. The minimum absolute atomic E-state index is 0.258. The monoisotopic (exact) mass is 330 g/mol. The van der Waals surface area contributed by atoms with Gasteiger partial charge in [0.2, 0.25) is 0 Å². The molecule has 0 aliphatic carbocycles. The summed E-state index contributed by atoms with van der Waals surface area (Å²) >= 11 is 0. The van der Waals surface area contributed by atoms with Crippen molar-refractivity contribution in [1.82, 2.24) is 10.2 Å².